The maximum Gasteiger partial charge on any atom is 0.303 e. The number of carbonyl (C=O) groups excluding carboxylic acids is 3. The van der Waals surface area contributed by atoms with Crippen molar-refractivity contribution in [2.45, 2.75) is 77.7 Å². The van der Waals surface area contributed by atoms with E-state index in [0.717, 1.165) is 0 Å². The minimum atomic E-state index is -2.00. The summed E-state index contributed by atoms with van der Waals surface area (Å²) in [5.74, 6) is -2.33. The fourth-order valence-electron chi connectivity index (χ4n) is 9.37. The number of hydrogen-bond donors (Lipinski definition) is 2. The molecule has 0 heterocycles. The third-order valence-electron chi connectivity index (χ3n) is 11.3. The molecule has 5 rings (SSSR count). The highest BCUT2D eigenvalue weighted by Gasteiger charge is 2.92. The third kappa shape index (κ3) is 1.92. The molecule has 2 N–H and O–H groups in total. The van der Waals surface area contributed by atoms with Crippen LogP contribution in [0.3, 0.4) is 0 Å². The summed E-state index contributed by atoms with van der Waals surface area (Å²) < 4.78 is 22.3. The van der Waals surface area contributed by atoms with Gasteiger partial charge in [-0.25, -0.2) is 4.39 Å². The molecule has 4 saturated carbocycles. The summed E-state index contributed by atoms with van der Waals surface area (Å²) in [6, 6.07) is 0. The molecule has 0 aromatic heterocycles. The number of rotatable bonds is 3. The highest BCUT2D eigenvalue weighted by atomic mass is 19.1. The molecule has 5 aliphatic carbocycles. The number of aliphatic hydroxyl groups is 2. The van der Waals surface area contributed by atoms with Crippen molar-refractivity contribution in [1.29, 1.82) is 0 Å². The van der Waals surface area contributed by atoms with Crippen molar-refractivity contribution in [1.82, 2.24) is 0 Å². The first-order valence-corrected chi connectivity index (χ1v) is 11.7. The van der Waals surface area contributed by atoms with Gasteiger partial charge >= 0.3 is 5.97 Å². The molecule has 0 aliphatic heterocycles. The third-order valence-corrected chi connectivity index (χ3v) is 11.3. The van der Waals surface area contributed by atoms with Gasteiger partial charge in [0.1, 0.15) is 11.3 Å². The van der Waals surface area contributed by atoms with E-state index < -0.39 is 69.2 Å². The summed E-state index contributed by atoms with van der Waals surface area (Å²) in [4.78, 5) is 37.0. The van der Waals surface area contributed by atoms with E-state index >= 15 is 4.39 Å². The summed E-state index contributed by atoms with van der Waals surface area (Å²) in [7, 11) is 0. The van der Waals surface area contributed by atoms with Crippen molar-refractivity contribution in [3.63, 3.8) is 0 Å². The van der Waals surface area contributed by atoms with Gasteiger partial charge in [-0.3, -0.25) is 14.4 Å². The Kier molecular flexibility index (Phi) is 4.09. The van der Waals surface area contributed by atoms with Crippen LogP contribution in [-0.2, 0) is 19.1 Å². The van der Waals surface area contributed by atoms with Crippen LogP contribution in [0.25, 0.3) is 0 Å². The second kappa shape index (κ2) is 5.90. The van der Waals surface area contributed by atoms with E-state index in [4.69, 9.17) is 4.74 Å². The molecule has 32 heavy (non-hydrogen) atoms. The normalized spacial score (nSPS) is 57.3. The first-order chi connectivity index (χ1) is 14.7. The van der Waals surface area contributed by atoms with Crippen LogP contribution in [0.15, 0.2) is 12.2 Å². The molecular weight excluding hydrogens is 415 g/mol. The fourth-order valence-corrected chi connectivity index (χ4v) is 9.37. The fraction of sp³-hybridized carbons (Fsp3) is 0.800. The Labute approximate surface area is 187 Å². The number of esters is 1. The highest BCUT2D eigenvalue weighted by molar-refractivity contribution is 6.00. The topological polar surface area (TPSA) is 101 Å². The van der Waals surface area contributed by atoms with Gasteiger partial charge in [0, 0.05) is 35.0 Å². The SMILES string of the molecule is CC(=O)OCC(=O)[C@@]1(O)CC[C@@]2(C)[C@@H]3C[C@H](C)[C@@]45C=CC(=O)[C@@H]4[C@@]5(C)[C@@]3(F)[C@@H](O)C[C@@]21C. The van der Waals surface area contributed by atoms with Crippen LogP contribution in [0.1, 0.15) is 60.3 Å². The Balaban J connectivity index is 1.59. The summed E-state index contributed by atoms with van der Waals surface area (Å²) in [5.41, 5.74) is -7.26. The maximum absolute atomic E-state index is 17.4. The molecule has 0 unspecified atom stereocenters. The number of hydrogen-bond acceptors (Lipinski definition) is 6. The van der Waals surface area contributed by atoms with Gasteiger partial charge in [-0.05, 0) is 43.1 Å². The molecule has 0 amide bonds. The van der Waals surface area contributed by atoms with Crippen LogP contribution in [0, 0.1) is 39.4 Å². The predicted octanol–water partition coefficient (Wildman–Crippen LogP) is 2.55. The Morgan fingerprint density at radius 3 is 2.53 bits per heavy atom. The van der Waals surface area contributed by atoms with Crippen molar-refractivity contribution >= 4 is 17.5 Å². The lowest BCUT2D eigenvalue weighted by Crippen LogP contribution is -2.71. The monoisotopic (exact) mass is 448 g/mol. The van der Waals surface area contributed by atoms with Crippen molar-refractivity contribution in [2.24, 2.45) is 39.4 Å². The Hall–Kier alpha value is -1.60. The van der Waals surface area contributed by atoms with E-state index in [0.29, 0.717) is 12.8 Å². The average molecular weight is 449 g/mol. The van der Waals surface area contributed by atoms with Crippen molar-refractivity contribution in [2.75, 3.05) is 6.61 Å². The Morgan fingerprint density at radius 1 is 1.25 bits per heavy atom. The first-order valence-electron chi connectivity index (χ1n) is 11.7. The summed E-state index contributed by atoms with van der Waals surface area (Å²) >= 11 is 0. The lowest BCUT2D eigenvalue weighted by molar-refractivity contribution is -0.255. The van der Waals surface area contributed by atoms with E-state index in [2.05, 4.69) is 6.92 Å². The largest absolute Gasteiger partial charge is 0.458 e. The van der Waals surface area contributed by atoms with Gasteiger partial charge in [0.15, 0.2) is 12.4 Å². The van der Waals surface area contributed by atoms with E-state index in [9.17, 15) is 24.6 Å². The average Bonchev–Trinajstić information content (AvgIpc) is 3.01. The van der Waals surface area contributed by atoms with Crippen LogP contribution in [0.5, 0.6) is 0 Å². The van der Waals surface area contributed by atoms with Gasteiger partial charge in [0.2, 0.25) is 5.78 Å². The molecule has 0 aromatic carbocycles. The van der Waals surface area contributed by atoms with Gasteiger partial charge in [0.25, 0.3) is 0 Å². The van der Waals surface area contributed by atoms with Gasteiger partial charge in [-0.1, -0.05) is 33.8 Å². The minimum Gasteiger partial charge on any atom is -0.458 e. The smallest absolute Gasteiger partial charge is 0.303 e. The summed E-state index contributed by atoms with van der Waals surface area (Å²) in [6.45, 7) is 8.21. The molecule has 10 atom stereocenters. The van der Waals surface area contributed by atoms with Gasteiger partial charge in [-0.2, -0.15) is 0 Å². The first kappa shape index (κ1) is 22.2. The number of halogens is 1. The number of allylic oxidation sites excluding steroid dienone is 2. The lowest BCUT2D eigenvalue weighted by atomic mass is 9.41. The standard InChI is InChI=1S/C25H33FO6/c1-13-10-16-20(3)8-9-24(31,18(30)12-32-14(2)27)21(20,4)11-17(29)25(16,26)22(5)19-15(28)6-7-23(13,19)22/h6-7,13,16-17,19,29,31H,8-12H2,1-5H3/t13-,16-,17-,19+,20-,21-,22+,23-,24-,25-/m0/s1. The second-order valence-electron chi connectivity index (χ2n) is 11.8. The second-order valence-corrected chi connectivity index (χ2v) is 11.8. The molecule has 6 nitrogen and oxygen atoms in total. The minimum absolute atomic E-state index is 0.0332. The van der Waals surface area contributed by atoms with Crippen LogP contribution >= 0.6 is 0 Å². The van der Waals surface area contributed by atoms with Gasteiger partial charge in [-0.15, -0.1) is 0 Å². The van der Waals surface area contributed by atoms with Crippen LogP contribution < -0.4 is 0 Å². The van der Waals surface area contributed by atoms with Crippen molar-refractivity contribution in [3.05, 3.63) is 12.2 Å². The summed E-state index contributed by atoms with van der Waals surface area (Å²) in [6.07, 6.45) is 2.93. The molecule has 4 fully saturated rings. The van der Waals surface area contributed by atoms with E-state index in [1.165, 1.54) is 6.92 Å². The molecule has 0 radical (unpaired) electrons. The van der Waals surface area contributed by atoms with Gasteiger partial charge < -0.3 is 14.9 Å². The van der Waals surface area contributed by atoms with E-state index in [-0.39, 0.29) is 24.5 Å². The molecule has 5 aliphatic rings. The molecule has 0 saturated heterocycles. The van der Waals surface area contributed by atoms with Crippen LogP contribution in [-0.4, -0.2) is 51.7 Å². The summed E-state index contributed by atoms with van der Waals surface area (Å²) in [5, 5.41) is 23.0. The molecule has 176 valence electrons. The number of Topliss-reactive ketones (excluding diaryl/α,β-unsaturated/α-hetero) is 1. The van der Waals surface area contributed by atoms with Crippen molar-refractivity contribution < 1.29 is 33.7 Å². The molecule has 0 bridgehead atoms. The zero-order valence-electron chi connectivity index (χ0n) is 19.4. The Morgan fingerprint density at radius 2 is 1.91 bits per heavy atom. The number of alkyl halides is 1. The predicted molar refractivity (Wildman–Crippen MR) is 112 cm³/mol. The van der Waals surface area contributed by atoms with Gasteiger partial charge in [0.05, 0.1) is 6.10 Å². The number of ketones is 2. The zero-order valence-corrected chi connectivity index (χ0v) is 19.4. The highest BCUT2D eigenvalue weighted by Crippen LogP contribution is 2.88. The van der Waals surface area contributed by atoms with Crippen LogP contribution in [0.2, 0.25) is 0 Å². The Bertz CT molecular complexity index is 977. The molecule has 7 heteroatoms. The maximum atomic E-state index is 17.4. The quantitative estimate of drug-likeness (QED) is 0.644. The number of carbonyl (C=O) groups is 3. The van der Waals surface area contributed by atoms with E-state index in [1.54, 1.807) is 13.0 Å². The lowest BCUT2D eigenvalue weighted by Gasteiger charge is -2.65. The van der Waals surface area contributed by atoms with E-state index in [1.807, 2.05) is 19.9 Å². The van der Waals surface area contributed by atoms with Crippen LogP contribution in [0.4, 0.5) is 4.39 Å². The number of ether oxygens (including phenoxy) is 1. The number of fused-ring (bicyclic) bond motifs is 5. The number of aliphatic hydroxyl groups excluding tert-OH is 1. The zero-order chi connectivity index (χ0) is 23.7. The van der Waals surface area contributed by atoms with Crippen molar-refractivity contribution in [3.8, 4) is 0 Å². The molecular formula is C25H33FO6. The molecule has 1 spiro atoms. The molecule has 0 aromatic rings.